The van der Waals surface area contributed by atoms with E-state index in [9.17, 15) is 9.59 Å². The van der Waals surface area contributed by atoms with Crippen molar-refractivity contribution in [2.24, 2.45) is 0 Å². The first-order valence-electron chi connectivity index (χ1n) is 4.84. The number of amides is 1. The molecule has 1 aromatic heterocycles. The highest BCUT2D eigenvalue weighted by molar-refractivity contribution is 5.94. The van der Waals surface area contributed by atoms with Gasteiger partial charge in [0.1, 0.15) is 6.54 Å². The lowest BCUT2D eigenvalue weighted by atomic mass is 10.3. The molecule has 1 rings (SSSR count). The number of aliphatic carboxylic acids is 1. The van der Waals surface area contributed by atoms with Gasteiger partial charge in [-0.3, -0.25) is 9.59 Å². The van der Waals surface area contributed by atoms with E-state index in [0.717, 1.165) is 4.90 Å². The molecule has 0 atom stereocenters. The molecule has 1 heterocycles. The van der Waals surface area contributed by atoms with Gasteiger partial charge in [0, 0.05) is 6.92 Å². The normalized spacial score (nSPS) is 9.71. The first kappa shape index (κ1) is 12.8. The van der Waals surface area contributed by atoms with Gasteiger partial charge in [-0.25, -0.2) is 4.98 Å². The lowest BCUT2D eigenvalue weighted by Crippen LogP contribution is -2.36. The minimum absolute atomic E-state index is 0.0269. The van der Waals surface area contributed by atoms with E-state index in [-0.39, 0.29) is 12.3 Å². The van der Waals surface area contributed by atoms with E-state index < -0.39 is 18.4 Å². The number of hydrogen-bond donors (Lipinski definition) is 1. The Morgan fingerprint density at radius 3 is 2.59 bits per heavy atom. The fourth-order valence-corrected chi connectivity index (χ4v) is 1.35. The third-order valence-corrected chi connectivity index (χ3v) is 1.99. The molecule has 1 aromatic rings. The fraction of sp³-hybridized carbons (Fsp3) is 0.364. The molecule has 17 heavy (non-hydrogen) atoms. The topological polar surface area (TPSA) is 83.6 Å². The van der Waals surface area contributed by atoms with Crippen LogP contribution < -0.4 is 0 Å². The minimum Gasteiger partial charge on any atom is -0.480 e. The van der Waals surface area contributed by atoms with E-state index in [1.54, 1.807) is 13.8 Å². The van der Waals surface area contributed by atoms with E-state index in [0.29, 0.717) is 11.6 Å². The highest BCUT2D eigenvalue weighted by Crippen LogP contribution is 2.12. The summed E-state index contributed by atoms with van der Waals surface area (Å²) in [7, 11) is 0. The predicted octanol–water partition coefficient (Wildman–Crippen LogP) is 0.451. The van der Waals surface area contributed by atoms with Crippen LogP contribution in [-0.4, -0.2) is 40.0 Å². The maximum absolute atomic E-state index is 11.9. The Kier molecular flexibility index (Phi) is 3.88. The molecule has 0 aliphatic rings. The van der Waals surface area contributed by atoms with Gasteiger partial charge in [0.2, 0.25) is 5.76 Å². The summed E-state index contributed by atoms with van der Waals surface area (Å²) in [5, 5.41) is 8.67. The van der Waals surface area contributed by atoms with Gasteiger partial charge in [0.05, 0.1) is 12.2 Å². The molecule has 6 nitrogen and oxygen atoms in total. The Balaban J connectivity index is 2.95. The van der Waals surface area contributed by atoms with Gasteiger partial charge in [-0.05, 0) is 6.92 Å². The van der Waals surface area contributed by atoms with Crippen LogP contribution in [0.4, 0.5) is 0 Å². The molecule has 0 saturated heterocycles. The molecular weight excluding hydrogens is 224 g/mol. The molecule has 0 aliphatic heterocycles. The third kappa shape index (κ3) is 3.08. The summed E-state index contributed by atoms with van der Waals surface area (Å²) in [6.07, 6.45) is 5.08. The van der Waals surface area contributed by atoms with Gasteiger partial charge in [0.25, 0.3) is 5.91 Å². The maximum Gasteiger partial charge on any atom is 0.323 e. The number of carbonyl (C=O) groups excluding carboxylic acids is 1. The molecule has 0 saturated carbocycles. The first-order valence-corrected chi connectivity index (χ1v) is 4.84. The molecule has 1 N–H and O–H groups in total. The number of rotatable bonds is 4. The number of carboxylic acids is 1. The average Bonchev–Trinajstić information content (AvgIpc) is 2.55. The molecule has 0 fully saturated rings. The number of nitrogens with zero attached hydrogens (tertiary/aromatic N) is 2. The quantitative estimate of drug-likeness (QED) is 0.767. The van der Waals surface area contributed by atoms with E-state index in [1.807, 2.05) is 0 Å². The number of hydrogen-bond acceptors (Lipinski definition) is 4. The summed E-state index contributed by atoms with van der Waals surface area (Å²) in [5.74, 6) is 0.903. The number of oxazole rings is 1. The van der Waals surface area contributed by atoms with Crippen molar-refractivity contribution in [2.75, 3.05) is 13.1 Å². The standard InChI is InChI=1S/C11H12N2O4/c1-4-5-13(6-9(14)15)11(16)10-7(2)12-8(3)17-10/h1H,5-6H2,2-3H3,(H,14,15). The van der Waals surface area contributed by atoms with Gasteiger partial charge < -0.3 is 14.4 Å². The number of aryl methyl sites for hydroxylation is 2. The lowest BCUT2D eigenvalue weighted by Gasteiger charge is -2.16. The molecule has 0 unspecified atom stereocenters. The second kappa shape index (κ2) is 5.16. The van der Waals surface area contributed by atoms with Crippen molar-refractivity contribution in [3.8, 4) is 12.3 Å². The number of aromatic nitrogens is 1. The minimum atomic E-state index is -1.14. The van der Waals surface area contributed by atoms with E-state index >= 15 is 0 Å². The van der Waals surface area contributed by atoms with Crippen LogP contribution in [0.15, 0.2) is 4.42 Å². The summed E-state index contributed by atoms with van der Waals surface area (Å²) in [4.78, 5) is 27.5. The number of terminal acetylenes is 1. The Bertz CT molecular complexity index is 484. The van der Waals surface area contributed by atoms with Crippen LogP contribution in [0.1, 0.15) is 22.1 Å². The number of carbonyl (C=O) groups is 2. The van der Waals surface area contributed by atoms with Gasteiger partial charge >= 0.3 is 5.97 Å². The summed E-state index contributed by atoms with van der Waals surface area (Å²) >= 11 is 0. The van der Waals surface area contributed by atoms with Crippen molar-refractivity contribution in [1.82, 2.24) is 9.88 Å². The highest BCUT2D eigenvalue weighted by atomic mass is 16.4. The van der Waals surface area contributed by atoms with Gasteiger partial charge in [-0.1, -0.05) is 5.92 Å². The molecule has 90 valence electrons. The average molecular weight is 236 g/mol. The lowest BCUT2D eigenvalue weighted by molar-refractivity contribution is -0.137. The van der Waals surface area contributed by atoms with Crippen molar-refractivity contribution < 1.29 is 19.1 Å². The van der Waals surface area contributed by atoms with Gasteiger partial charge in [0.15, 0.2) is 5.89 Å². The van der Waals surface area contributed by atoms with E-state index in [2.05, 4.69) is 10.9 Å². The van der Waals surface area contributed by atoms with Crippen molar-refractivity contribution in [2.45, 2.75) is 13.8 Å². The van der Waals surface area contributed by atoms with Crippen LogP contribution in [0.3, 0.4) is 0 Å². The summed E-state index contributed by atoms with van der Waals surface area (Å²) in [5.41, 5.74) is 0.417. The number of carboxylic acid groups (broad SMARTS) is 1. The van der Waals surface area contributed by atoms with E-state index in [4.69, 9.17) is 15.9 Å². The molecule has 1 amide bonds. The second-order valence-corrected chi connectivity index (χ2v) is 3.41. The van der Waals surface area contributed by atoms with Crippen molar-refractivity contribution in [3.05, 3.63) is 17.3 Å². The summed E-state index contributed by atoms with van der Waals surface area (Å²) in [6, 6.07) is 0. The zero-order chi connectivity index (χ0) is 13.0. The highest BCUT2D eigenvalue weighted by Gasteiger charge is 2.23. The predicted molar refractivity (Wildman–Crippen MR) is 58.3 cm³/mol. The molecule has 0 bridgehead atoms. The third-order valence-electron chi connectivity index (χ3n) is 1.99. The Hall–Kier alpha value is -2.29. The Labute approximate surface area is 98.2 Å². The van der Waals surface area contributed by atoms with Crippen molar-refractivity contribution in [1.29, 1.82) is 0 Å². The largest absolute Gasteiger partial charge is 0.480 e. The zero-order valence-corrected chi connectivity index (χ0v) is 9.56. The SMILES string of the molecule is C#CCN(CC(=O)O)C(=O)c1oc(C)nc1C. The van der Waals surface area contributed by atoms with Crippen LogP contribution in [0, 0.1) is 26.2 Å². The molecule has 0 spiro atoms. The Morgan fingerprint density at radius 1 is 1.53 bits per heavy atom. The molecule has 0 aliphatic carbocycles. The molecule has 0 radical (unpaired) electrons. The van der Waals surface area contributed by atoms with Crippen LogP contribution in [0.5, 0.6) is 0 Å². The van der Waals surface area contributed by atoms with Crippen LogP contribution in [-0.2, 0) is 4.79 Å². The first-order chi connectivity index (χ1) is 7.95. The Morgan fingerprint density at radius 2 is 2.18 bits per heavy atom. The van der Waals surface area contributed by atoms with E-state index in [1.165, 1.54) is 0 Å². The monoisotopic (exact) mass is 236 g/mol. The van der Waals surface area contributed by atoms with Crippen LogP contribution in [0.25, 0.3) is 0 Å². The summed E-state index contributed by atoms with van der Waals surface area (Å²) < 4.78 is 5.12. The second-order valence-electron chi connectivity index (χ2n) is 3.41. The van der Waals surface area contributed by atoms with Gasteiger partial charge in [-0.2, -0.15) is 0 Å². The molecule has 0 aromatic carbocycles. The molecular formula is C11H12N2O4. The molecule has 6 heteroatoms. The maximum atomic E-state index is 11.9. The van der Waals surface area contributed by atoms with Crippen molar-refractivity contribution >= 4 is 11.9 Å². The van der Waals surface area contributed by atoms with Crippen LogP contribution >= 0.6 is 0 Å². The van der Waals surface area contributed by atoms with Gasteiger partial charge in [-0.15, -0.1) is 6.42 Å². The fourth-order valence-electron chi connectivity index (χ4n) is 1.35. The van der Waals surface area contributed by atoms with Crippen LogP contribution in [0.2, 0.25) is 0 Å². The van der Waals surface area contributed by atoms with Crippen molar-refractivity contribution in [3.63, 3.8) is 0 Å². The zero-order valence-electron chi connectivity index (χ0n) is 9.56. The smallest absolute Gasteiger partial charge is 0.323 e. The summed E-state index contributed by atoms with van der Waals surface area (Å²) in [6.45, 7) is 2.65.